The second-order valence-corrected chi connectivity index (χ2v) is 2.77. The highest BCUT2D eigenvalue weighted by atomic mass is 31.1. The monoisotopic (exact) mass is 220 g/mol. The standard InChI is InChI=1S/C8H13O5P/c1-3-13-8(9)7(2)4-11-5-12-6-14-10/h2-6H2,1H3. The van der Waals surface area contributed by atoms with Gasteiger partial charge in [0.2, 0.25) is 0 Å². The van der Waals surface area contributed by atoms with Crippen LogP contribution < -0.4 is 0 Å². The van der Waals surface area contributed by atoms with Crippen LogP contribution in [0.2, 0.25) is 0 Å². The van der Waals surface area contributed by atoms with E-state index in [-0.39, 0.29) is 33.8 Å². The maximum atomic E-state index is 11.0. The number of ether oxygens (including phenoxy) is 3. The fourth-order valence-corrected chi connectivity index (χ4v) is 0.739. The molecule has 0 heterocycles. The lowest BCUT2D eigenvalue weighted by Crippen LogP contribution is -2.12. The molecule has 0 aromatic carbocycles. The number of carbonyl (C=O) groups is 1. The Hall–Kier alpha value is -0.770. The Bertz CT molecular complexity index is 204. The predicted molar refractivity (Wildman–Crippen MR) is 50.2 cm³/mol. The summed E-state index contributed by atoms with van der Waals surface area (Å²) in [5.74, 6) is -0.477. The van der Waals surface area contributed by atoms with Gasteiger partial charge in [0.15, 0.2) is 8.46 Å². The van der Waals surface area contributed by atoms with Crippen molar-refractivity contribution >= 4 is 14.4 Å². The van der Waals surface area contributed by atoms with Crippen molar-refractivity contribution in [3.8, 4) is 0 Å². The maximum absolute atomic E-state index is 11.0. The van der Waals surface area contributed by atoms with Crippen molar-refractivity contribution < 1.29 is 23.6 Å². The second-order valence-electron chi connectivity index (χ2n) is 2.25. The highest BCUT2D eigenvalue weighted by Crippen LogP contribution is 1.97. The van der Waals surface area contributed by atoms with Gasteiger partial charge in [-0.25, -0.2) is 4.79 Å². The van der Waals surface area contributed by atoms with Gasteiger partial charge in [-0.3, -0.25) is 4.57 Å². The number of hydrogen-bond donors (Lipinski definition) is 0. The van der Waals surface area contributed by atoms with Gasteiger partial charge in [0, 0.05) is 0 Å². The molecule has 14 heavy (non-hydrogen) atoms. The van der Waals surface area contributed by atoms with Crippen LogP contribution in [-0.2, 0) is 23.6 Å². The number of hydrogen-bond acceptors (Lipinski definition) is 5. The lowest BCUT2D eigenvalue weighted by molar-refractivity contribution is -0.139. The van der Waals surface area contributed by atoms with Crippen LogP contribution in [0.5, 0.6) is 0 Å². The normalized spacial score (nSPS) is 10.1. The van der Waals surface area contributed by atoms with Crippen molar-refractivity contribution in [3.05, 3.63) is 12.2 Å². The summed E-state index contributed by atoms with van der Waals surface area (Å²) in [6, 6.07) is 0. The zero-order valence-electron chi connectivity index (χ0n) is 8.02. The molecule has 0 rings (SSSR count). The summed E-state index contributed by atoms with van der Waals surface area (Å²) >= 11 is 0. The molecule has 80 valence electrons. The predicted octanol–water partition coefficient (Wildman–Crippen LogP) is 1.35. The fraction of sp³-hybridized carbons (Fsp3) is 0.625. The van der Waals surface area contributed by atoms with Crippen molar-refractivity contribution in [2.45, 2.75) is 6.92 Å². The van der Waals surface area contributed by atoms with E-state index in [0.29, 0.717) is 6.61 Å². The molecule has 5 nitrogen and oxygen atoms in total. The summed E-state index contributed by atoms with van der Waals surface area (Å²) in [5.41, 5.74) is 0.232. The molecule has 0 aliphatic rings. The molecule has 0 amide bonds. The average Bonchev–Trinajstić information content (AvgIpc) is 2.17. The van der Waals surface area contributed by atoms with E-state index in [0.717, 1.165) is 0 Å². The van der Waals surface area contributed by atoms with Gasteiger partial charge in [-0.05, 0) is 6.92 Å². The lowest BCUT2D eigenvalue weighted by atomic mass is 10.3. The summed E-state index contributed by atoms with van der Waals surface area (Å²) in [7, 11) is -0.0994. The zero-order chi connectivity index (χ0) is 10.8. The van der Waals surface area contributed by atoms with Crippen molar-refractivity contribution in [1.82, 2.24) is 0 Å². The third kappa shape index (κ3) is 6.71. The van der Waals surface area contributed by atoms with E-state index in [9.17, 15) is 9.36 Å². The first-order valence-corrected chi connectivity index (χ1v) is 5.01. The van der Waals surface area contributed by atoms with Gasteiger partial charge in [-0.2, -0.15) is 0 Å². The van der Waals surface area contributed by atoms with Crippen LogP contribution in [0.25, 0.3) is 0 Å². The Balaban J connectivity index is 3.43. The van der Waals surface area contributed by atoms with E-state index in [1.165, 1.54) is 0 Å². The quantitative estimate of drug-likeness (QED) is 0.203. The summed E-state index contributed by atoms with van der Waals surface area (Å²) < 4.78 is 24.2. The van der Waals surface area contributed by atoms with Crippen molar-refractivity contribution in [2.75, 3.05) is 26.4 Å². The van der Waals surface area contributed by atoms with E-state index < -0.39 is 5.97 Å². The Morgan fingerprint density at radius 1 is 1.43 bits per heavy atom. The minimum atomic E-state index is -0.477. The van der Waals surface area contributed by atoms with Gasteiger partial charge < -0.3 is 14.2 Å². The Morgan fingerprint density at radius 3 is 2.71 bits per heavy atom. The molecule has 6 heteroatoms. The number of esters is 1. The highest BCUT2D eigenvalue weighted by Gasteiger charge is 2.06. The average molecular weight is 220 g/mol. The third-order valence-electron chi connectivity index (χ3n) is 1.15. The van der Waals surface area contributed by atoms with Crippen LogP contribution in [0.1, 0.15) is 6.92 Å². The van der Waals surface area contributed by atoms with Crippen LogP contribution in [-0.4, -0.2) is 32.3 Å². The number of carbonyl (C=O) groups excluding carboxylic acids is 1. The van der Waals surface area contributed by atoms with Gasteiger partial charge in [0.25, 0.3) is 0 Å². The molecule has 0 radical (unpaired) electrons. The summed E-state index contributed by atoms with van der Waals surface area (Å²) in [6.07, 6.45) is 0.0753. The van der Waals surface area contributed by atoms with Crippen molar-refractivity contribution in [1.29, 1.82) is 0 Å². The minimum absolute atomic E-state index is 0.0202. The molecular weight excluding hydrogens is 207 g/mol. The molecule has 0 aliphatic heterocycles. The molecule has 0 bridgehead atoms. The van der Waals surface area contributed by atoms with Gasteiger partial charge in [-0.1, -0.05) is 6.58 Å². The van der Waals surface area contributed by atoms with E-state index in [1.54, 1.807) is 6.92 Å². The molecule has 0 aliphatic carbocycles. The topological polar surface area (TPSA) is 61.8 Å². The Morgan fingerprint density at radius 2 is 2.14 bits per heavy atom. The smallest absolute Gasteiger partial charge is 0.335 e. The van der Waals surface area contributed by atoms with E-state index in [2.05, 4.69) is 11.3 Å². The van der Waals surface area contributed by atoms with E-state index in [4.69, 9.17) is 9.47 Å². The van der Waals surface area contributed by atoms with E-state index >= 15 is 0 Å². The summed E-state index contributed by atoms with van der Waals surface area (Å²) in [4.78, 5) is 11.0. The van der Waals surface area contributed by atoms with Crippen LogP contribution in [0.15, 0.2) is 12.2 Å². The molecule has 0 aromatic heterocycles. The maximum Gasteiger partial charge on any atom is 0.335 e. The molecule has 0 fully saturated rings. The summed E-state index contributed by atoms with van der Waals surface area (Å²) in [5, 5.41) is 0. The molecule has 0 spiro atoms. The van der Waals surface area contributed by atoms with Gasteiger partial charge in [-0.15, -0.1) is 0 Å². The molecular formula is C8H13O5P. The molecule has 0 aromatic rings. The minimum Gasteiger partial charge on any atom is -0.463 e. The summed E-state index contributed by atoms with van der Waals surface area (Å²) in [6.45, 7) is 5.52. The second kappa shape index (κ2) is 8.81. The van der Waals surface area contributed by atoms with Crippen LogP contribution >= 0.6 is 8.46 Å². The number of rotatable bonds is 8. The fourth-order valence-electron chi connectivity index (χ4n) is 0.590. The third-order valence-corrected chi connectivity index (χ3v) is 1.44. The van der Waals surface area contributed by atoms with Crippen LogP contribution in [0.4, 0.5) is 0 Å². The van der Waals surface area contributed by atoms with Gasteiger partial charge in [0.1, 0.15) is 13.1 Å². The van der Waals surface area contributed by atoms with Crippen molar-refractivity contribution in [3.63, 3.8) is 0 Å². The highest BCUT2D eigenvalue weighted by molar-refractivity contribution is 7.23. The first kappa shape index (κ1) is 13.2. The first-order chi connectivity index (χ1) is 6.72. The molecule has 0 saturated carbocycles. The SMILES string of the molecule is C=C(COCOCP=O)C(=O)OCC. The largest absolute Gasteiger partial charge is 0.463 e. The zero-order valence-corrected chi connectivity index (χ0v) is 8.92. The molecule has 0 unspecified atom stereocenters. The van der Waals surface area contributed by atoms with Gasteiger partial charge in [0.05, 0.1) is 18.8 Å². The van der Waals surface area contributed by atoms with E-state index in [1.807, 2.05) is 0 Å². The first-order valence-electron chi connectivity index (χ1n) is 4.01. The lowest BCUT2D eigenvalue weighted by Gasteiger charge is -2.05. The van der Waals surface area contributed by atoms with Gasteiger partial charge >= 0.3 is 5.97 Å². The Kier molecular flexibility index (Phi) is 8.33. The Labute approximate surface area is 84.2 Å². The molecule has 0 atom stereocenters. The molecule has 0 N–H and O–H groups in total. The van der Waals surface area contributed by atoms with Crippen LogP contribution in [0, 0.1) is 0 Å². The van der Waals surface area contributed by atoms with Crippen LogP contribution in [0.3, 0.4) is 0 Å². The van der Waals surface area contributed by atoms with Crippen molar-refractivity contribution in [2.24, 2.45) is 0 Å². The molecule has 0 saturated heterocycles.